The molecule has 0 bridgehead atoms. The topological polar surface area (TPSA) is 56.9 Å². The first-order valence-corrected chi connectivity index (χ1v) is 9.40. The molecule has 5 rings (SSSR count). The Hall–Kier alpha value is -2.02. The summed E-state index contributed by atoms with van der Waals surface area (Å²) in [6.07, 6.45) is 7.20. The lowest BCUT2D eigenvalue weighted by atomic mass is 10.0. The quantitative estimate of drug-likeness (QED) is 0.703. The van der Waals surface area contributed by atoms with Crippen LogP contribution in [0.4, 0.5) is 0 Å². The highest BCUT2D eigenvalue weighted by Gasteiger charge is 2.16. The van der Waals surface area contributed by atoms with Crippen LogP contribution >= 0.6 is 24.8 Å². The minimum atomic E-state index is 0. The van der Waals surface area contributed by atoms with Crippen molar-refractivity contribution >= 4 is 24.8 Å². The molecule has 2 aromatic heterocycles. The molecule has 0 saturated heterocycles. The maximum absolute atomic E-state index is 5.73. The number of hydrogen-bond donors (Lipinski definition) is 1. The van der Waals surface area contributed by atoms with E-state index < -0.39 is 0 Å². The summed E-state index contributed by atoms with van der Waals surface area (Å²) < 4.78 is 10.0. The largest absolute Gasteiger partial charge is 0.493 e. The van der Waals surface area contributed by atoms with Crippen LogP contribution in [0.3, 0.4) is 0 Å². The molecular weight excluding hydrogens is 397 g/mol. The molecule has 6 nitrogen and oxygen atoms in total. The summed E-state index contributed by atoms with van der Waals surface area (Å²) in [5.74, 6) is 1.97. The van der Waals surface area contributed by atoms with Gasteiger partial charge in [-0.2, -0.15) is 5.10 Å². The smallest absolute Gasteiger partial charge is 0.160 e. The van der Waals surface area contributed by atoms with Gasteiger partial charge in [-0.15, -0.1) is 24.8 Å². The van der Waals surface area contributed by atoms with Crippen molar-refractivity contribution in [2.24, 2.45) is 0 Å². The van der Waals surface area contributed by atoms with Crippen molar-refractivity contribution in [1.82, 2.24) is 24.6 Å². The van der Waals surface area contributed by atoms with Gasteiger partial charge in [-0.05, 0) is 49.1 Å². The maximum atomic E-state index is 5.73. The zero-order chi connectivity index (χ0) is 17.3. The average Bonchev–Trinajstić information content (AvgIpc) is 3.23. The second kappa shape index (κ2) is 8.99. The second-order valence-electron chi connectivity index (χ2n) is 7.05. The molecule has 0 saturated carbocycles. The van der Waals surface area contributed by atoms with Crippen molar-refractivity contribution in [1.29, 1.82) is 0 Å². The van der Waals surface area contributed by atoms with E-state index in [0.29, 0.717) is 0 Å². The first-order valence-electron chi connectivity index (χ1n) is 9.40. The number of hydrogen-bond acceptors (Lipinski definition) is 4. The van der Waals surface area contributed by atoms with Crippen molar-refractivity contribution in [3.05, 3.63) is 53.5 Å². The third-order valence-corrected chi connectivity index (χ3v) is 5.16. The molecule has 3 aromatic rings. The molecule has 0 atom stereocenters. The molecule has 4 heterocycles. The summed E-state index contributed by atoms with van der Waals surface area (Å²) in [7, 11) is 0. The van der Waals surface area contributed by atoms with Crippen LogP contribution < -0.4 is 10.1 Å². The molecular formula is C20H25Cl2N5O. The molecule has 0 amide bonds. The Morgan fingerprint density at radius 2 is 2.07 bits per heavy atom. The van der Waals surface area contributed by atoms with E-state index in [1.807, 2.05) is 12.4 Å². The lowest BCUT2D eigenvalue weighted by Gasteiger charge is -2.18. The number of imidazole rings is 1. The Labute approximate surface area is 177 Å². The minimum absolute atomic E-state index is 0. The van der Waals surface area contributed by atoms with Crippen molar-refractivity contribution in [3.63, 3.8) is 0 Å². The Kier molecular flexibility index (Phi) is 6.65. The Bertz CT molecular complexity index is 913. The van der Waals surface area contributed by atoms with Crippen molar-refractivity contribution in [2.45, 2.75) is 38.9 Å². The Morgan fingerprint density at radius 1 is 1.14 bits per heavy atom. The van der Waals surface area contributed by atoms with E-state index in [0.717, 1.165) is 69.3 Å². The van der Waals surface area contributed by atoms with Gasteiger partial charge in [0.1, 0.15) is 11.4 Å². The van der Waals surface area contributed by atoms with Gasteiger partial charge in [0.15, 0.2) is 5.82 Å². The molecule has 0 fully saturated rings. The van der Waals surface area contributed by atoms with E-state index in [2.05, 4.69) is 43.8 Å². The van der Waals surface area contributed by atoms with Gasteiger partial charge < -0.3 is 14.6 Å². The van der Waals surface area contributed by atoms with Gasteiger partial charge in [-0.1, -0.05) is 12.1 Å². The molecule has 1 N–H and O–H groups in total. The van der Waals surface area contributed by atoms with Crippen molar-refractivity contribution in [2.75, 3.05) is 13.2 Å². The lowest BCUT2D eigenvalue weighted by Crippen LogP contribution is -2.11. The van der Waals surface area contributed by atoms with Gasteiger partial charge in [0.2, 0.25) is 0 Å². The van der Waals surface area contributed by atoms with Gasteiger partial charge in [0.05, 0.1) is 12.3 Å². The predicted octanol–water partition coefficient (Wildman–Crippen LogP) is 3.46. The lowest BCUT2D eigenvalue weighted by molar-refractivity contribution is 0.288. The van der Waals surface area contributed by atoms with Crippen molar-refractivity contribution < 1.29 is 4.74 Å². The minimum Gasteiger partial charge on any atom is -0.493 e. The SMILES string of the molecule is Cl.Cl.c1cn(Cc2ccc3c(c2)CCCO3)c(-c2cc3n(n2)CCCNC3)n1. The van der Waals surface area contributed by atoms with Gasteiger partial charge in [0, 0.05) is 32.0 Å². The third-order valence-electron chi connectivity index (χ3n) is 5.16. The predicted molar refractivity (Wildman–Crippen MR) is 114 cm³/mol. The number of aromatic nitrogens is 4. The molecule has 2 aliphatic rings. The fraction of sp³-hybridized carbons (Fsp3) is 0.400. The number of rotatable bonds is 3. The highest BCUT2D eigenvalue weighted by molar-refractivity contribution is 5.85. The summed E-state index contributed by atoms with van der Waals surface area (Å²) in [5, 5.41) is 8.24. The number of benzene rings is 1. The van der Waals surface area contributed by atoms with Gasteiger partial charge >= 0.3 is 0 Å². The number of halogens is 2. The second-order valence-corrected chi connectivity index (χ2v) is 7.05. The summed E-state index contributed by atoms with van der Waals surface area (Å²) in [5.41, 5.74) is 4.78. The summed E-state index contributed by atoms with van der Waals surface area (Å²) >= 11 is 0. The summed E-state index contributed by atoms with van der Waals surface area (Å²) in [4.78, 5) is 4.58. The third kappa shape index (κ3) is 4.04. The molecule has 0 radical (unpaired) electrons. The van der Waals surface area contributed by atoms with E-state index in [-0.39, 0.29) is 24.8 Å². The monoisotopic (exact) mass is 421 g/mol. The fourth-order valence-electron chi connectivity index (χ4n) is 3.85. The number of nitrogens with zero attached hydrogens (tertiary/aromatic N) is 4. The van der Waals surface area contributed by atoms with E-state index in [1.165, 1.54) is 16.8 Å². The van der Waals surface area contributed by atoms with Crippen LogP contribution in [0.25, 0.3) is 11.5 Å². The molecule has 0 unspecified atom stereocenters. The van der Waals surface area contributed by atoms with Crippen LogP contribution in [0, 0.1) is 0 Å². The van der Waals surface area contributed by atoms with Crippen LogP contribution in [0.5, 0.6) is 5.75 Å². The zero-order valence-electron chi connectivity index (χ0n) is 15.6. The van der Waals surface area contributed by atoms with Crippen LogP contribution in [-0.2, 0) is 26.1 Å². The number of fused-ring (bicyclic) bond motifs is 2. The van der Waals surface area contributed by atoms with Crippen LogP contribution in [-0.4, -0.2) is 32.5 Å². The Morgan fingerprint density at radius 3 is 3.00 bits per heavy atom. The molecule has 28 heavy (non-hydrogen) atoms. The number of nitrogens with one attached hydrogen (secondary N) is 1. The zero-order valence-corrected chi connectivity index (χ0v) is 17.3. The first kappa shape index (κ1) is 20.7. The van der Waals surface area contributed by atoms with Gasteiger partial charge in [-0.3, -0.25) is 4.68 Å². The first-order chi connectivity index (χ1) is 12.9. The van der Waals surface area contributed by atoms with Gasteiger partial charge in [-0.25, -0.2) is 4.98 Å². The highest BCUT2D eigenvalue weighted by Crippen LogP contribution is 2.27. The van der Waals surface area contributed by atoms with Crippen LogP contribution in [0.1, 0.15) is 29.7 Å². The van der Waals surface area contributed by atoms with E-state index in [9.17, 15) is 0 Å². The van der Waals surface area contributed by atoms with E-state index in [4.69, 9.17) is 9.84 Å². The highest BCUT2D eigenvalue weighted by atomic mass is 35.5. The summed E-state index contributed by atoms with van der Waals surface area (Å²) in [6, 6.07) is 8.69. The molecule has 150 valence electrons. The van der Waals surface area contributed by atoms with Crippen LogP contribution in [0.2, 0.25) is 0 Å². The standard InChI is InChI=1S/C20H23N5O.2ClH/c1-3-16-11-15(4-5-19(16)26-10-1)14-24-9-7-22-20(24)18-12-17-13-21-6-2-8-25(17)23-18;;/h4-5,7,9,11-12,21H,1-3,6,8,10,13-14H2;2*1H. The molecule has 2 aliphatic heterocycles. The number of aryl methyl sites for hydroxylation is 2. The summed E-state index contributed by atoms with van der Waals surface area (Å²) in [6.45, 7) is 4.52. The molecule has 8 heteroatoms. The molecule has 0 aliphatic carbocycles. The van der Waals surface area contributed by atoms with Crippen molar-refractivity contribution in [3.8, 4) is 17.3 Å². The maximum Gasteiger partial charge on any atom is 0.160 e. The number of ether oxygens (including phenoxy) is 1. The normalized spacial score (nSPS) is 15.3. The van der Waals surface area contributed by atoms with Crippen LogP contribution in [0.15, 0.2) is 36.7 Å². The van der Waals surface area contributed by atoms with E-state index >= 15 is 0 Å². The Balaban J connectivity index is 0.00000112. The van der Waals surface area contributed by atoms with E-state index in [1.54, 1.807) is 0 Å². The van der Waals surface area contributed by atoms with Gasteiger partial charge in [0.25, 0.3) is 0 Å². The average molecular weight is 422 g/mol. The molecule has 0 spiro atoms. The fourth-order valence-corrected chi connectivity index (χ4v) is 3.85. The molecule has 1 aromatic carbocycles.